The molecule has 0 aliphatic carbocycles. The first-order valence-electron chi connectivity index (χ1n) is 5.36. The van der Waals surface area contributed by atoms with Crippen molar-refractivity contribution < 1.29 is 18.0 Å². The summed E-state index contributed by atoms with van der Waals surface area (Å²) in [5.41, 5.74) is -1.40. The zero-order chi connectivity index (χ0) is 14.6. The summed E-state index contributed by atoms with van der Waals surface area (Å²) in [4.78, 5) is 11.8. The fraction of sp³-hybridized carbons (Fsp3) is 0.308. The van der Waals surface area contributed by atoms with Gasteiger partial charge in [0.05, 0.1) is 11.1 Å². The highest BCUT2D eigenvalue weighted by atomic mass is 79.9. The molecule has 0 bridgehead atoms. The Hall–Kier alpha value is -1.48. The summed E-state index contributed by atoms with van der Waals surface area (Å²) in [5, 5.41) is 2.43. The van der Waals surface area contributed by atoms with E-state index in [0.717, 1.165) is 12.1 Å². The molecule has 6 heteroatoms. The third-order valence-corrected chi connectivity index (χ3v) is 2.83. The molecule has 0 radical (unpaired) electrons. The number of carbonyl (C=O) groups excluding carboxylic acids is 1. The Morgan fingerprint density at radius 1 is 1.53 bits per heavy atom. The van der Waals surface area contributed by atoms with Crippen LogP contribution in [0.25, 0.3) is 0 Å². The van der Waals surface area contributed by atoms with E-state index in [-0.39, 0.29) is 16.9 Å². The molecule has 1 rings (SSSR count). The van der Waals surface area contributed by atoms with Gasteiger partial charge in [-0.3, -0.25) is 4.79 Å². The van der Waals surface area contributed by atoms with Crippen LogP contribution in [0.3, 0.4) is 0 Å². The topological polar surface area (TPSA) is 29.1 Å². The molecule has 102 valence electrons. The number of alkyl halides is 3. The van der Waals surface area contributed by atoms with E-state index in [2.05, 4.69) is 27.2 Å². The summed E-state index contributed by atoms with van der Waals surface area (Å²) in [6.45, 7) is 1.63. The van der Waals surface area contributed by atoms with E-state index < -0.39 is 23.2 Å². The van der Waals surface area contributed by atoms with Crippen molar-refractivity contribution in [2.45, 2.75) is 25.6 Å². The average molecular weight is 334 g/mol. The number of hydrogen-bond donors (Lipinski definition) is 1. The zero-order valence-electron chi connectivity index (χ0n) is 10.0. The molecule has 1 N–H and O–H groups in total. The minimum Gasteiger partial charge on any atom is -0.349 e. The maximum atomic E-state index is 12.8. The van der Waals surface area contributed by atoms with Crippen molar-refractivity contribution in [3.63, 3.8) is 0 Å². The molecule has 0 heterocycles. The molecule has 2 nitrogen and oxygen atoms in total. The van der Waals surface area contributed by atoms with E-state index in [0.29, 0.717) is 0 Å². The summed E-state index contributed by atoms with van der Waals surface area (Å²) in [6, 6.07) is 3.00. The van der Waals surface area contributed by atoms with E-state index in [4.69, 9.17) is 6.42 Å². The van der Waals surface area contributed by atoms with Crippen LogP contribution in [-0.4, -0.2) is 11.9 Å². The van der Waals surface area contributed by atoms with Gasteiger partial charge in [-0.05, 0) is 25.1 Å². The summed E-state index contributed by atoms with van der Waals surface area (Å²) in [5.74, 6) is 1.54. The second-order valence-electron chi connectivity index (χ2n) is 3.97. The Morgan fingerprint density at radius 3 is 2.68 bits per heavy atom. The quantitative estimate of drug-likeness (QED) is 0.841. The summed E-state index contributed by atoms with van der Waals surface area (Å²) in [6.07, 6.45) is 0.737. The van der Waals surface area contributed by atoms with Crippen LogP contribution in [0.4, 0.5) is 13.2 Å². The van der Waals surface area contributed by atoms with Gasteiger partial charge in [0.2, 0.25) is 0 Å². The molecular formula is C13H11BrF3NO. The zero-order valence-corrected chi connectivity index (χ0v) is 11.6. The molecule has 1 aromatic rings. The lowest BCUT2D eigenvalue weighted by molar-refractivity contribution is -0.138. The van der Waals surface area contributed by atoms with E-state index in [1.807, 2.05) is 0 Å². The van der Waals surface area contributed by atoms with Crippen molar-refractivity contribution in [1.82, 2.24) is 5.32 Å². The second kappa shape index (κ2) is 6.11. The average Bonchev–Trinajstić information content (AvgIpc) is 2.27. The van der Waals surface area contributed by atoms with Gasteiger partial charge in [-0.1, -0.05) is 15.9 Å². The molecular weight excluding hydrogens is 323 g/mol. The normalized spacial score (nSPS) is 12.6. The molecule has 1 amide bonds. The van der Waals surface area contributed by atoms with Gasteiger partial charge in [-0.25, -0.2) is 0 Å². The monoisotopic (exact) mass is 333 g/mol. The second-order valence-corrected chi connectivity index (χ2v) is 4.89. The summed E-state index contributed by atoms with van der Waals surface area (Å²) in [7, 11) is 0. The van der Waals surface area contributed by atoms with E-state index in [1.165, 1.54) is 6.07 Å². The number of benzene rings is 1. The first kappa shape index (κ1) is 15.6. The van der Waals surface area contributed by atoms with Gasteiger partial charge in [0, 0.05) is 16.9 Å². The molecule has 1 atom stereocenters. The maximum absolute atomic E-state index is 12.8. The third-order valence-electron chi connectivity index (χ3n) is 2.33. The summed E-state index contributed by atoms with van der Waals surface area (Å²) >= 11 is 2.96. The minimum atomic E-state index is -4.59. The molecule has 1 aromatic carbocycles. The number of terminal acetylenes is 1. The van der Waals surface area contributed by atoms with E-state index in [9.17, 15) is 18.0 Å². The number of hydrogen-bond acceptors (Lipinski definition) is 1. The smallest absolute Gasteiger partial charge is 0.349 e. The number of carbonyl (C=O) groups is 1. The van der Waals surface area contributed by atoms with Gasteiger partial charge in [-0.2, -0.15) is 13.2 Å². The lowest BCUT2D eigenvalue weighted by Gasteiger charge is -2.15. The van der Waals surface area contributed by atoms with Crippen molar-refractivity contribution in [3.05, 3.63) is 33.8 Å². The molecule has 0 saturated heterocycles. The maximum Gasteiger partial charge on any atom is 0.417 e. The van der Waals surface area contributed by atoms with E-state index >= 15 is 0 Å². The third kappa shape index (κ3) is 4.28. The highest BCUT2D eigenvalue weighted by Gasteiger charge is 2.35. The Balaban J connectivity index is 3.07. The van der Waals surface area contributed by atoms with Crippen LogP contribution in [-0.2, 0) is 6.18 Å². The van der Waals surface area contributed by atoms with Crippen LogP contribution in [0.15, 0.2) is 22.7 Å². The molecule has 1 unspecified atom stereocenters. The lowest BCUT2D eigenvalue weighted by atomic mass is 10.1. The molecule has 0 aliphatic rings. The predicted molar refractivity (Wildman–Crippen MR) is 69.5 cm³/mol. The van der Waals surface area contributed by atoms with Gasteiger partial charge >= 0.3 is 6.18 Å². The van der Waals surface area contributed by atoms with Gasteiger partial charge in [0.1, 0.15) is 0 Å². The highest BCUT2D eigenvalue weighted by molar-refractivity contribution is 9.10. The van der Waals surface area contributed by atoms with Crippen LogP contribution in [0.2, 0.25) is 0 Å². The Morgan fingerprint density at radius 2 is 2.16 bits per heavy atom. The SMILES string of the molecule is C#CCC(C)NC(=O)c1ccc(Br)cc1C(F)(F)F. The van der Waals surface area contributed by atoms with Crippen LogP contribution in [0, 0.1) is 12.3 Å². The van der Waals surface area contributed by atoms with Crippen LogP contribution >= 0.6 is 15.9 Å². The van der Waals surface area contributed by atoms with Crippen LogP contribution < -0.4 is 5.32 Å². The fourth-order valence-corrected chi connectivity index (χ4v) is 1.84. The first-order valence-corrected chi connectivity index (χ1v) is 6.16. The molecule has 0 saturated carbocycles. The Bertz CT molecular complexity index is 520. The lowest BCUT2D eigenvalue weighted by Crippen LogP contribution is -2.33. The van der Waals surface area contributed by atoms with Gasteiger partial charge in [-0.15, -0.1) is 12.3 Å². The molecule has 0 aliphatic heterocycles. The van der Waals surface area contributed by atoms with Crippen LogP contribution in [0.1, 0.15) is 29.3 Å². The largest absolute Gasteiger partial charge is 0.417 e. The molecule has 19 heavy (non-hydrogen) atoms. The molecule has 0 spiro atoms. The van der Waals surface area contributed by atoms with Crippen molar-refractivity contribution in [2.75, 3.05) is 0 Å². The van der Waals surface area contributed by atoms with Gasteiger partial charge in [0.15, 0.2) is 0 Å². The first-order chi connectivity index (χ1) is 8.75. The number of halogens is 4. The number of rotatable bonds is 3. The van der Waals surface area contributed by atoms with Crippen molar-refractivity contribution in [1.29, 1.82) is 0 Å². The van der Waals surface area contributed by atoms with Crippen LogP contribution in [0.5, 0.6) is 0 Å². The summed E-state index contributed by atoms with van der Waals surface area (Å²) < 4.78 is 38.8. The number of nitrogens with one attached hydrogen (secondary N) is 1. The number of amides is 1. The van der Waals surface area contributed by atoms with Crippen molar-refractivity contribution >= 4 is 21.8 Å². The van der Waals surface area contributed by atoms with Gasteiger partial charge < -0.3 is 5.32 Å². The molecule has 0 aromatic heterocycles. The van der Waals surface area contributed by atoms with Gasteiger partial charge in [0.25, 0.3) is 5.91 Å². The fourth-order valence-electron chi connectivity index (χ4n) is 1.48. The van der Waals surface area contributed by atoms with Crippen molar-refractivity contribution in [2.24, 2.45) is 0 Å². The molecule has 0 fully saturated rings. The van der Waals surface area contributed by atoms with Crippen molar-refractivity contribution in [3.8, 4) is 12.3 Å². The highest BCUT2D eigenvalue weighted by Crippen LogP contribution is 2.33. The minimum absolute atomic E-state index is 0.254. The van der Waals surface area contributed by atoms with E-state index in [1.54, 1.807) is 6.92 Å². The Kier molecular flexibility index (Phi) is 5.01. The standard InChI is InChI=1S/C13H11BrF3NO/c1-3-4-8(2)18-12(19)10-6-5-9(14)7-11(10)13(15,16)17/h1,5-8H,4H2,2H3,(H,18,19). The predicted octanol–water partition coefficient (Wildman–Crippen LogP) is 3.61. The Labute approximate surface area is 117 Å².